The van der Waals surface area contributed by atoms with Gasteiger partial charge in [-0.2, -0.15) is 0 Å². The second-order valence-corrected chi connectivity index (χ2v) is 9.25. The number of nitrogens with zero attached hydrogens (tertiary/aromatic N) is 3. The summed E-state index contributed by atoms with van der Waals surface area (Å²) in [6.07, 6.45) is 2.36. The molecule has 1 N–H and O–H groups in total. The fraction of sp³-hybridized carbons (Fsp3) is 0.375. The van der Waals surface area contributed by atoms with Crippen molar-refractivity contribution >= 4 is 62.4 Å². The van der Waals surface area contributed by atoms with Crippen molar-refractivity contribution in [3.05, 3.63) is 35.9 Å². The van der Waals surface area contributed by atoms with Gasteiger partial charge >= 0.3 is 0 Å². The van der Waals surface area contributed by atoms with Gasteiger partial charge in [-0.15, -0.1) is 10.2 Å². The molecule has 0 aliphatic carbocycles. The number of likely N-dealkylation sites (tertiary alicyclic amines) is 1. The van der Waals surface area contributed by atoms with E-state index in [9.17, 15) is 4.79 Å². The highest BCUT2D eigenvalue weighted by Crippen LogP contribution is 2.28. The SMILES string of the molecule is O=C(CSC(=S)N1CCCC1)Nc1nnc(SCc2ccccc2)s1. The molecular weight excluding hydrogens is 392 g/mol. The average Bonchev–Trinajstić information content (AvgIpc) is 3.31. The summed E-state index contributed by atoms with van der Waals surface area (Å²) in [7, 11) is 0. The summed E-state index contributed by atoms with van der Waals surface area (Å²) in [4.78, 5) is 14.2. The molecule has 5 nitrogen and oxygen atoms in total. The number of amides is 1. The number of rotatable bonds is 6. The largest absolute Gasteiger partial charge is 0.358 e. The highest BCUT2D eigenvalue weighted by molar-refractivity contribution is 8.23. The van der Waals surface area contributed by atoms with Gasteiger partial charge in [-0.25, -0.2) is 0 Å². The van der Waals surface area contributed by atoms with Crippen molar-refractivity contribution in [2.24, 2.45) is 0 Å². The van der Waals surface area contributed by atoms with Crippen molar-refractivity contribution in [1.82, 2.24) is 15.1 Å². The summed E-state index contributed by atoms with van der Waals surface area (Å²) in [6, 6.07) is 10.2. The lowest BCUT2D eigenvalue weighted by atomic mass is 10.2. The summed E-state index contributed by atoms with van der Waals surface area (Å²) < 4.78 is 1.66. The van der Waals surface area contributed by atoms with Gasteiger partial charge in [0, 0.05) is 18.8 Å². The van der Waals surface area contributed by atoms with Crippen LogP contribution in [0.15, 0.2) is 34.7 Å². The molecule has 1 aromatic heterocycles. The molecule has 0 atom stereocenters. The number of thiocarbonyl (C=S) groups is 1. The number of carbonyl (C=O) groups is 1. The first-order valence-electron chi connectivity index (χ1n) is 7.92. The molecule has 2 aromatic rings. The van der Waals surface area contributed by atoms with Gasteiger partial charge in [0.15, 0.2) is 4.34 Å². The zero-order valence-corrected chi connectivity index (χ0v) is 16.8. The smallest absolute Gasteiger partial charge is 0.236 e. The van der Waals surface area contributed by atoms with Gasteiger partial charge in [-0.05, 0) is 18.4 Å². The molecule has 1 aliphatic heterocycles. The minimum Gasteiger partial charge on any atom is -0.358 e. The summed E-state index contributed by atoms with van der Waals surface area (Å²) >= 11 is 9.79. The van der Waals surface area contributed by atoms with Crippen molar-refractivity contribution in [3.63, 3.8) is 0 Å². The molecular formula is C16H18N4OS4. The number of aromatic nitrogens is 2. The van der Waals surface area contributed by atoms with Crippen LogP contribution in [0.25, 0.3) is 0 Å². The first-order chi connectivity index (χ1) is 12.2. The van der Waals surface area contributed by atoms with Crippen LogP contribution in [0.4, 0.5) is 5.13 Å². The Bertz CT molecular complexity index is 716. The van der Waals surface area contributed by atoms with Crippen molar-refractivity contribution in [2.45, 2.75) is 22.9 Å². The van der Waals surface area contributed by atoms with E-state index in [0.717, 1.165) is 27.5 Å². The summed E-state index contributed by atoms with van der Waals surface area (Å²) in [6.45, 7) is 2.01. The lowest BCUT2D eigenvalue weighted by Crippen LogP contribution is -2.25. The van der Waals surface area contributed by atoms with Crippen LogP contribution >= 0.6 is 47.1 Å². The van der Waals surface area contributed by atoms with Crippen LogP contribution in [-0.4, -0.2) is 44.2 Å². The minimum absolute atomic E-state index is 0.0951. The van der Waals surface area contributed by atoms with Crippen LogP contribution in [0.1, 0.15) is 18.4 Å². The summed E-state index contributed by atoms with van der Waals surface area (Å²) in [5.74, 6) is 1.05. The first kappa shape index (κ1) is 18.6. The molecule has 1 aromatic carbocycles. The van der Waals surface area contributed by atoms with Gasteiger partial charge in [-0.1, -0.05) is 77.4 Å². The van der Waals surface area contributed by atoms with Gasteiger partial charge in [0.25, 0.3) is 0 Å². The normalized spacial score (nSPS) is 13.8. The number of nitrogens with one attached hydrogen (secondary N) is 1. The van der Waals surface area contributed by atoms with E-state index in [1.54, 1.807) is 11.8 Å². The maximum Gasteiger partial charge on any atom is 0.236 e. The molecule has 1 saturated heterocycles. The van der Waals surface area contributed by atoms with Crippen LogP contribution in [0, 0.1) is 0 Å². The fourth-order valence-corrected chi connectivity index (χ4v) is 5.09. The van der Waals surface area contributed by atoms with E-state index in [4.69, 9.17) is 12.2 Å². The van der Waals surface area contributed by atoms with Gasteiger partial charge in [0.05, 0.1) is 5.75 Å². The first-order valence-corrected chi connectivity index (χ1v) is 11.1. The Morgan fingerprint density at radius 1 is 1.24 bits per heavy atom. The molecule has 3 rings (SSSR count). The van der Waals surface area contributed by atoms with E-state index in [1.165, 1.54) is 41.5 Å². The van der Waals surface area contributed by atoms with Crippen LogP contribution in [0.3, 0.4) is 0 Å². The molecule has 1 fully saturated rings. The molecule has 1 amide bonds. The maximum absolute atomic E-state index is 12.0. The quantitative estimate of drug-likeness (QED) is 0.440. The Balaban J connectivity index is 1.41. The monoisotopic (exact) mass is 410 g/mol. The molecule has 132 valence electrons. The lowest BCUT2D eigenvalue weighted by Gasteiger charge is -2.16. The van der Waals surface area contributed by atoms with Crippen LogP contribution in [-0.2, 0) is 10.5 Å². The summed E-state index contributed by atoms with van der Waals surface area (Å²) in [5, 5.41) is 11.5. The molecule has 0 radical (unpaired) electrons. The van der Waals surface area contributed by atoms with E-state index >= 15 is 0 Å². The average molecular weight is 411 g/mol. The zero-order valence-electron chi connectivity index (χ0n) is 13.5. The van der Waals surface area contributed by atoms with E-state index < -0.39 is 0 Å². The number of benzene rings is 1. The van der Waals surface area contributed by atoms with Crippen molar-refractivity contribution < 1.29 is 4.79 Å². The summed E-state index contributed by atoms with van der Waals surface area (Å²) in [5.41, 5.74) is 1.24. The Hall–Kier alpha value is -1.16. The van der Waals surface area contributed by atoms with E-state index in [1.807, 2.05) is 18.2 Å². The number of carbonyl (C=O) groups excluding carboxylic acids is 1. The van der Waals surface area contributed by atoms with E-state index in [0.29, 0.717) is 10.9 Å². The number of hydrogen-bond donors (Lipinski definition) is 1. The fourth-order valence-electron chi connectivity index (χ4n) is 2.31. The zero-order chi connectivity index (χ0) is 17.5. The Morgan fingerprint density at radius 2 is 2.00 bits per heavy atom. The van der Waals surface area contributed by atoms with Gasteiger partial charge in [0.2, 0.25) is 11.0 Å². The van der Waals surface area contributed by atoms with Crippen LogP contribution in [0.2, 0.25) is 0 Å². The molecule has 1 aliphatic rings. The Labute approximate surface area is 165 Å². The minimum atomic E-state index is -0.0951. The second-order valence-electron chi connectivity index (χ2n) is 5.44. The topological polar surface area (TPSA) is 58.1 Å². The molecule has 9 heteroatoms. The predicted molar refractivity (Wildman–Crippen MR) is 110 cm³/mol. The van der Waals surface area contributed by atoms with Crippen molar-refractivity contribution in [1.29, 1.82) is 0 Å². The van der Waals surface area contributed by atoms with Crippen molar-refractivity contribution in [2.75, 3.05) is 24.2 Å². The molecule has 0 spiro atoms. The second kappa shape index (κ2) is 9.51. The number of anilines is 1. The van der Waals surface area contributed by atoms with Crippen molar-refractivity contribution in [3.8, 4) is 0 Å². The number of hydrogen-bond acceptors (Lipinski definition) is 7. The Morgan fingerprint density at radius 3 is 2.76 bits per heavy atom. The Kier molecular flexibility index (Phi) is 7.09. The van der Waals surface area contributed by atoms with Crippen LogP contribution in [0.5, 0.6) is 0 Å². The third-order valence-corrected chi connectivity index (χ3v) is 7.12. The third kappa shape index (κ3) is 5.95. The molecule has 0 bridgehead atoms. The molecule has 25 heavy (non-hydrogen) atoms. The van der Waals surface area contributed by atoms with E-state index in [2.05, 4.69) is 32.5 Å². The standard InChI is InChI=1S/C16H18N4OS4/c21-13(11-24-16(22)20-8-4-5-9-20)17-14-18-19-15(25-14)23-10-12-6-2-1-3-7-12/h1-3,6-7H,4-5,8-11H2,(H,17,18,21). The van der Waals surface area contributed by atoms with Gasteiger partial charge in [0.1, 0.15) is 4.32 Å². The predicted octanol–water partition coefficient (Wildman–Crippen LogP) is 3.88. The molecule has 0 saturated carbocycles. The lowest BCUT2D eigenvalue weighted by molar-refractivity contribution is -0.113. The number of thioether (sulfide) groups is 2. The van der Waals surface area contributed by atoms with Crippen LogP contribution < -0.4 is 5.32 Å². The molecule has 2 heterocycles. The van der Waals surface area contributed by atoms with E-state index in [-0.39, 0.29) is 5.91 Å². The van der Waals surface area contributed by atoms with Gasteiger partial charge < -0.3 is 4.90 Å². The van der Waals surface area contributed by atoms with Gasteiger partial charge in [-0.3, -0.25) is 10.1 Å². The third-order valence-electron chi connectivity index (χ3n) is 3.55. The maximum atomic E-state index is 12.0. The highest BCUT2D eigenvalue weighted by Gasteiger charge is 2.16. The molecule has 0 unspecified atom stereocenters. The highest BCUT2D eigenvalue weighted by atomic mass is 32.2.